The monoisotopic (exact) mass is 343 g/mol. The van der Waals surface area contributed by atoms with Crippen LogP contribution in [0.3, 0.4) is 0 Å². The molecule has 3 heteroatoms. The molecule has 0 fully saturated rings. The van der Waals surface area contributed by atoms with Crippen LogP contribution in [0.2, 0.25) is 10.0 Å². The molecule has 1 atom stereocenters. The first kappa shape index (κ1) is 19.8. The maximum Gasteiger partial charge on any atom is 0.0639 e. The molecule has 0 bridgehead atoms. The maximum atomic E-state index is 6.38. The molecule has 1 heterocycles. The van der Waals surface area contributed by atoms with Crippen LogP contribution in [-0.4, -0.2) is 4.98 Å². The molecule has 126 valence electrons. The first-order valence-electron chi connectivity index (χ1n) is 9.00. The van der Waals surface area contributed by atoms with Gasteiger partial charge in [-0.25, -0.2) is 0 Å². The fourth-order valence-electron chi connectivity index (χ4n) is 2.96. The van der Waals surface area contributed by atoms with Gasteiger partial charge in [-0.15, -0.1) is 0 Å². The molecule has 1 aromatic heterocycles. The predicted octanol–water partition coefficient (Wildman–Crippen LogP) is 7.80. The van der Waals surface area contributed by atoms with Crippen molar-refractivity contribution in [2.45, 2.75) is 90.4 Å². The summed E-state index contributed by atoms with van der Waals surface area (Å²) in [6.45, 7) is 4.51. The Balaban J connectivity index is 2.56. The number of halogens is 2. The van der Waals surface area contributed by atoms with E-state index in [2.05, 4.69) is 18.8 Å². The van der Waals surface area contributed by atoms with Gasteiger partial charge in [0.15, 0.2) is 0 Å². The smallest absolute Gasteiger partial charge is 0.0639 e. The minimum atomic E-state index is 0.489. The summed E-state index contributed by atoms with van der Waals surface area (Å²) in [5.41, 5.74) is 1.05. The van der Waals surface area contributed by atoms with Crippen molar-refractivity contribution in [3.8, 4) is 0 Å². The number of hydrogen-bond donors (Lipinski definition) is 0. The second kappa shape index (κ2) is 12.2. The van der Waals surface area contributed by atoms with Crippen LogP contribution in [0.15, 0.2) is 12.3 Å². The van der Waals surface area contributed by atoms with E-state index in [-0.39, 0.29) is 0 Å². The summed E-state index contributed by atoms with van der Waals surface area (Å²) in [4.78, 5) is 4.53. The Hall–Kier alpha value is -0.270. The zero-order valence-corrected chi connectivity index (χ0v) is 15.7. The molecule has 0 saturated carbocycles. The van der Waals surface area contributed by atoms with E-state index in [1.807, 2.05) is 6.07 Å². The van der Waals surface area contributed by atoms with Crippen LogP contribution in [-0.2, 0) is 0 Å². The molecule has 0 aliphatic heterocycles. The third-order valence-corrected chi connectivity index (χ3v) is 4.79. The minimum Gasteiger partial charge on any atom is -0.258 e. The first-order chi connectivity index (χ1) is 10.7. The summed E-state index contributed by atoms with van der Waals surface area (Å²) >= 11 is 12.4. The van der Waals surface area contributed by atoms with Crippen molar-refractivity contribution < 1.29 is 0 Å². The van der Waals surface area contributed by atoms with E-state index in [0.717, 1.165) is 10.7 Å². The SMILES string of the molecule is CCCCCCCC(CCCCCC)c1ncc(Cl)cc1Cl. The molecule has 0 aliphatic carbocycles. The lowest BCUT2D eigenvalue weighted by Gasteiger charge is -2.18. The highest BCUT2D eigenvalue weighted by Crippen LogP contribution is 2.32. The van der Waals surface area contributed by atoms with Crippen LogP contribution in [0, 0.1) is 0 Å². The van der Waals surface area contributed by atoms with Gasteiger partial charge in [0.1, 0.15) is 0 Å². The minimum absolute atomic E-state index is 0.489. The Bertz CT molecular complexity index is 406. The van der Waals surface area contributed by atoms with Crippen molar-refractivity contribution in [1.29, 1.82) is 0 Å². The Morgan fingerprint density at radius 3 is 1.95 bits per heavy atom. The molecule has 22 heavy (non-hydrogen) atoms. The predicted molar refractivity (Wildman–Crippen MR) is 99.1 cm³/mol. The molecule has 0 N–H and O–H groups in total. The van der Waals surface area contributed by atoms with E-state index in [4.69, 9.17) is 23.2 Å². The van der Waals surface area contributed by atoms with Crippen LogP contribution in [0.5, 0.6) is 0 Å². The second-order valence-corrected chi connectivity index (χ2v) is 7.11. The number of aromatic nitrogens is 1. The van der Waals surface area contributed by atoms with Gasteiger partial charge in [-0.3, -0.25) is 4.98 Å². The van der Waals surface area contributed by atoms with Crippen LogP contribution in [0.1, 0.15) is 96.1 Å². The van der Waals surface area contributed by atoms with Crippen molar-refractivity contribution >= 4 is 23.2 Å². The fourth-order valence-corrected chi connectivity index (χ4v) is 3.49. The second-order valence-electron chi connectivity index (χ2n) is 6.27. The van der Waals surface area contributed by atoms with Gasteiger partial charge in [-0.1, -0.05) is 94.8 Å². The van der Waals surface area contributed by atoms with Crippen molar-refractivity contribution in [3.05, 3.63) is 28.0 Å². The highest BCUT2D eigenvalue weighted by Gasteiger charge is 2.16. The van der Waals surface area contributed by atoms with Gasteiger partial charge in [-0.2, -0.15) is 0 Å². The first-order valence-corrected chi connectivity index (χ1v) is 9.75. The zero-order chi connectivity index (χ0) is 16.2. The van der Waals surface area contributed by atoms with Gasteiger partial charge >= 0.3 is 0 Å². The third kappa shape index (κ3) is 7.83. The van der Waals surface area contributed by atoms with Crippen molar-refractivity contribution in [2.24, 2.45) is 0 Å². The summed E-state index contributed by atoms with van der Waals surface area (Å²) in [5.74, 6) is 0.489. The van der Waals surface area contributed by atoms with Crippen LogP contribution < -0.4 is 0 Å². The van der Waals surface area contributed by atoms with Crippen molar-refractivity contribution in [2.75, 3.05) is 0 Å². The van der Waals surface area contributed by atoms with Gasteiger partial charge in [0.25, 0.3) is 0 Å². The molecule has 1 aromatic rings. The summed E-state index contributed by atoms with van der Waals surface area (Å²) in [5, 5.41) is 1.36. The molecule has 0 amide bonds. The van der Waals surface area contributed by atoms with Crippen LogP contribution in [0.4, 0.5) is 0 Å². The molecule has 0 aromatic carbocycles. The van der Waals surface area contributed by atoms with Gasteiger partial charge < -0.3 is 0 Å². The summed E-state index contributed by atoms with van der Waals surface area (Å²) in [6, 6.07) is 1.83. The van der Waals surface area contributed by atoms with E-state index in [9.17, 15) is 0 Å². The van der Waals surface area contributed by atoms with Gasteiger partial charge in [0.05, 0.1) is 15.7 Å². The standard InChI is InChI=1S/C19H31Cl2N/c1-3-5-7-9-11-13-16(12-10-8-6-4-2)19-18(21)14-17(20)15-22-19/h14-16H,3-13H2,1-2H3. The Morgan fingerprint density at radius 2 is 1.41 bits per heavy atom. The average molecular weight is 344 g/mol. The lowest BCUT2D eigenvalue weighted by atomic mass is 9.91. The average Bonchev–Trinajstić information content (AvgIpc) is 2.50. The highest BCUT2D eigenvalue weighted by molar-refractivity contribution is 6.34. The number of hydrogen-bond acceptors (Lipinski definition) is 1. The summed E-state index contributed by atoms with van der Waals surface area (Å²) in [6.07, 6.45) is 15.9. The summed E-state index contributed by atoms with van der Waals surface area (Å²) in [7, 11) is 0. The van der Waals surface area contributed by atoms with Crippen molar-refractivity contribution in [3.63, 3.8) is 0 Å². The molecule has 0 radical (unpaired) electrons. The molecule has 0 spiro atoms. The Morgan fingerprint density at radius 1 is 0.864 bits per heavy atom. The molecular formula is C19H31Cl2N. The van der Waals surface area contributed by atoms with E-state index in [0.29, 0.717) is 10.9 Å². The molecule has 1 unspecified atom stereocenters. The largest absolute Gasteiger partial charge is 0.258 e. The molecule has 0 saturated heterocycles. The molecule has 1 nitrogen and oxygen atoms in total. The number of unbranched alkanes of at least 4 members (excludes halogenated alkanes) is 7. The third-order valence-electron chi connectivity index (χ3n) is 4.29. The molecular weight excluding hydrogens is 313 g/mol. The van der Waals surface area contributed by atoms with Crippen LogP contribution in [0.25, 0.3) is 0 Å². The summed E-state index contributed by atoms with van der Waals surface area (Å²) < 4.78 is 0. The Labute approximate surface area is 146 Å². The van der Waals surface area contributed by atoms with Gasteiger partial charge in [0.2, 0.25) is 0 Å². The lowest BCUT2D eigenvalue weighted by Crippen LogP contribution is -2.03. The quantitative estimate of drug-likeness (QED) is 0.352. The van der Waals surface area contributed by atoms with E-state index in [1.54, 1.807) is 6.20 Å². The van der Waals surface area contributed by atoms with E-state index >= 15 is 0 Å². The van der Waals surface area contributed by atoms with Crippen LogP contribution >= 0.6 is 23.2 Å². The molecule has 0 aliphatic rings. The highest BCUT2D eigenvalue weighted by atomic mass is 35.5. The van der Waals surface area contributed by atoms with Crippen molar-refractivity contribution in [1.82, 2.24) is 4.98 Å². The zero-order valence-electron chi connectivity index (χ0n) is 14.2. The molecule has 1 rings (SSSR count). The Kier molecular flexibility index (Phi) is 11.0. The fraction of sp³-hybridized carbons (Fsp3) is 0.737. The number of nitrogens with zero attached hydrogens (tertiary/aromatic N) is 1. The van der Waals surface area contributed by atoms with E-state index in [1.165, 1.54) is 70.6 Å². The van der Waals surface area contributed by atoms with Gasteiger partial charge in [-0.05, 0) is 18.9 Å². The number of rotatable bonds is 12. The lowest BCUT2D eigenvalue weighted by molar-refractivity contribution is 0.486. The number of pyridine rings is 1. The normalized spacial score (nSPS) is 12.5. The van der Waals surface area contributed by atoms with E-state index < -0.39 is 0 Å². The van der Waals surface area contributed by atoms with Gasteiger partial charge in [0, 0.05) is 12.1 Å². The topological polar surface area (TPSA) is 12.9 Å². The maximum absolute atomic E-state index is 6.38.